The molecule has 4 heterocycles. The second kappa shape index (κ2) is 9.49. The topological polar surface area (TPSA) is 85.6 Å². The summed E-state index contributed by atoms with van der Waals surface area (Å²) in [4.78, 5) is 31.8. The van der Waals surface area contributed by atoms with Crippen molar-refractivity contribution in [2.45, 2.75) is 46.2 Å². The summed E-state index contributed by atoms with van der Waals surface area (Å²) >= 11 is 2.56. The number of carbonyl (C=O) groups is 2. The molecule has 0 aromatic carbocycles. The molecular weight excluding hydrogens is 537 g/mol. The number of nitrogens with zero attached hydrogens (tertiary/aromatic N) is 3. The standard InChI is InChI=1S/C26H25F3N4O3S2/c1-25(2,3)13-7-8-14-18(10-13)38-23(21(14)24(35)36-4)31-22(34)16-12-20-30-15(17-6-5-9-37-17)11-19(26(27,28)29)33(20)32-16/h5-6,9,11-13H,7-8,10H2,1-4H3,(H,31,34). The lowest BCUT2D eigenvalue weighted by Gasteiger charge is -2.33. The van der Waals surface area contributed by atoms with Gasteiger partial charge in [0.25, 0.3) is 5.91 Å². The summed E-state index contributed by atoms with van der Waals surface area (Å²) in [6.07, 6.45) is -2.38. The minimum absolute atomic E-state index is 0.0816. The summed E-state index contributed by atoms with van der Waals surface area (Å²) in [5.74, 6) is -0.897. The summed E-state index contributed by atoms with van der Waals surface area (Å²) in [6, 6.07) is 5.52. The van der Waals surface area contributed by atoms with Crippen molar-refractivity contribution in [1.82, 2.24) is 14.6 Å². The van der Waals surface area contributed by atoms with Gasteiger partial charge >= 0.3 is 12.1 Å². The van der Waals surface area contributed by atoms with Crippen LogP contribution in [0.2, 0.25) is 0 Å². The number of fused-ring (bicyclic) bond motifs is 2. The number of alkyl halides is 3. The van der Waals surface area contributed by atoms with Crippen molar-refractivity contribution >= 4 is 45.2 Å². The van der Waals surface area contributed by atoms with Crippen molar-refractivity contribution in [3.05, 3.63) is 57.0 Å². The normalized spacial score (nSPS) is 15.9. The van der Waals surface area contributed by atoms with Crippen LogP contribution in [0.25, 0.3) is 16.2 Å². The number of hydrogen-bond donors (Lipinski definition) is 1. The van der Waals surface area contributed by atoms with Crippen LogP contribution in [-0.4, -0.2) is 33.6 Å². The molecule has 12 heteroatoms. The molecule has 1 amide bonds. The number of ether oxygens (including phenoxy) is 1. The van der Waals surface area contributed by atoms with E-state index < -0.39 is 23.7 Å². The third-order valence-electron chi connectivity index (χ3n) is 6.83. The highest BCUT2D eigenvalue weighted by molar-refractivity contribution is 7.17. The van der Waals surface area contributed by atoms with Gasteiger partial charge in [-0.25, -0.2) is 14.3 Å². The maximum atomic E-state index is 13.9. The first-order chi connectivity index (χ1) is 17.9. The quantitative estimate of drug-likeness (QED) is 0.279. The van der Waals surface area contributed by atoms with Gasteiger partial charge in [0.15, 0.2) is 17.0 Å². The van der Waals surface area contributed by atoms with Crippen LogP contribution < -0.4 is 5.32 Å². The Labute approximate surface area is 224 Å². The molecule has 4 aromatic rings. The van der Waals surface area contributed by atoms with Crippen LogP contribution in [-0.2, 0) is 23.8 Å². The predicted octanol–water partition coefficient (Wildman–Crippen LogP) is 6.73. The Hall–Kier alpha value is -3.25. The highest BCUT2D eigenvalue weighted by Crippen LogP contribution is 2.44. The van der Waals surface area contributed by atoms with Crippen molar-refractivity contribution < 1.29 is 27.5 Å². The molecule has 200 valence electrons. The lowest BCUT2D eigenvalue weighted by atomic mass is 9.72. The van der Waals surface area contributed by atoms with Crippen LogP contribution in [0.4, 0.5) is 18.2 Å². The van der Waals surface area contributed by atoms with Crippen LogP contribution in [0.15, 0.2) is 29.6 Å². The maximum absolute atomic E-state index is 13.9. The third kappa shape index (κ3) is 4.82. The minimum atomic E-state index is -4.72. The first-order valence-corrected chi connectivity index (χ1v) is 13.6. The van der Waals surface area contributed by atoms with Crippen molar-refractivity contribution in [2.24, 2.45) is 11.3 Å². The number of carbonyl (C=O) groups excluding carboxylic acids is 2. The van der Waals surface area contributed by atoms with Gasteiger partial charge in [-0.2, -0.15) is 18.3 Å². The molecule has 0 bridgehead atoms. The summed E-state index contributed by atoms with van der Waals surface area (Å²) in [7, 11) is 1.27. The number of amides is 1. The van der Waals surface area contributed by atoms with Gasteiger partial charge in [0.1, 0.15) is 5.00 Å². The second-order valence-electron chi connectivity index (χ2n) is 10.3. The van der Waals surface area contributed by atoms with E-state index in [-0.39, 0.29) is 22.5 Å². The zero-order chi connectivity index (χ0) is 27.4. The Balaban J connectivity index is 1.52. The van der Waals surface area contributed by atoms with E-state index in [0.717, 1.165) is 29.3 Å². The van der Waals surface area contributed by atoms with Gasteiger partial charge in [-0.1, -0.05) is 26.8 Å². The monoisotopic (exact) mass is 562 g/mol. The SMILES string of the molecule is COC(=O)c1c(NC(=O)c2cc3nc(-c4cccs4)cc(C(F)(F)F)n3n2)sc2c1CCC(C(C)(C)C)C2. The van der Waals surface area contributed by atoms with Gasteiger partial charge in [0, 0.05) is 10.9 Å². The zero-order valence-corrected chi connectivity index (χ0v) is 22.7. The average Bonchev–Trinajstić information content (AvgIpc) is 3.59. The molecule has 1 aliphatic carbocycles. The molecule has 0 radical (unpaired) electrons. The number of thiophene rings is 2. The van der Waals surface area contributed by atoms with Crippen molar-refractivity contribution in [1.29, 1.82) is 0 Å². The van der Waals surface area contributed by atoms with Gasteiger partial charge in [0.05, 0.1) is 23.2 Å². The van der Waals surface area contributed by atoms with E-state index in [4.69, 9.17) is 4.74 Å². The minimum Gasteiger partial charge on any atom is -0.465 e. The lowest BCUT2D eigenvalue weighted by Crippen LogP contribution is -2.26. The van der Waals surface area contributed by atoms with Crippen LogP contribution >= 0.6 is 22.7 Å². The van der Waals surface area contributed by atoms with E-state index in [1.807, 2.05) is 0 Å². The second-order valence-corrected chi connectivity index (χ2v) is 12.3. The van der Waals surface area contributed by atoms with E-state index >= 15 is 0 Å². The molecule has 1 unspecified atom stereocenters. The van der Waals surface area contributed by atoms with E-state index in [0.29, 0.717) is 32.3 Å². The van der Waals surface area contributed by atoms with E-state index in [1.165, 1.54) is 35.8 Å². The largest absolute Gasteiger partial charge is 0.465 e. The zero-order valence-electron chi connectivity index (χ0n) is 21.1. The molecule has 0 aliphatic heterocycles. The third-order valence-corrected chi connectivity index (χ3v) is 8.89. The van der Waals surface area contributed by atoms with Crippen molar-refractivity contribution in [2.75, 3.05) is 12.4 Å². The summed E-state index contributed by atoms with van der Waals surface area (Å²) in [5.41, 5.74) is -0.0291. The summed E-state index contributed by atoms with van der Waals surface area (Å²) in [6.45, 7) is 6.53. The molecule has 1 atom stereocenters. The van der Waals surface area contributed by atoms with Gasteiger partial charge in [0.2, 0.25) is 0 Å². The molecule has 1 N–H and O–H groups in total. The number of anilines is 1. The Kier molecular flexibility index (Phi) is 6.59. The van der Waals surface area contributed by atoms with Gasteiger partial charge in [-0.3, -0.25) is 4.79 Å². The van der Waals surface area contributed by atoms with E-state index in [1.54, 1.807) is 17.5 Å². The van der Waals surface area contributed by atoms with E-state index in [2.05, 4.69) is 36.2 Å². The van der Waals surface area contributed by atoms with Crippen LogP contribution in [0.3, 0.4) is 0 Å². The molecule has 38 heavy (non-hydrogen) atoms. The Morgan fingerprint density at radius 3 is 2.61 bits per heavy atom. The molecule has 0 saturated carbocycles. The highest BCUT2D eigenvalue weighted by atomic mass is 32.1. The van der Waals surface area contributed by atoms with Gasteiger partial charge in [-0.05, 0) is 53.7 Å². The Morgan fingerprint density at radius 2 is 1.97 bits per heavy atom. The van der Waals surface area contributed by atoms with E-state index in [9.17, 15) is 22.8 Å². The Morgan fingerprint density at radius 1 is 1.21 bits per heavy atom. The fraction of sp³-hybridized carbons (Fsp3) is 0.385. The molecule has 5 rings (SSSR count). The highest BCUT2D eigenvalue weighted by Gasteiger charge is 2.37. The van der Waals surface area contributed by atoms with Gasteiger partial charge in [-0.15, -0.1) is 22.7 Å². The molecule has 7 nitrogen and oxygen atoms in total. The number of esters is 1. The van der Waals surface area contributed by atoms with Crippen molar-refractivity contribution in [3.8, 4) is 10.6 Å². The first-order valence-electron chi connectivity index (χ1n) is 11.9. The molecule has 0 spiro atoms. The van der Waals surface area contributed by atoms with Crippen molar-refractivity contribution in [3.63, 3.8) is 0 Å². The number of methoxy groups -OCH3 is 1. The number of halogens is 3. The smallest absolute Gasteiger partial charge is 0.433 e. The average molecular weight is 563 g/mol. The molecule has 0 saturated heterocycles. The Bertz CT molecular complexity index is 1530. The molecular formula is C26H25F3N4O3S2. The lowest BCUT2D eigenvalue weighted by molar-refractivity contribution is -0.142. The molecule has 4 aromatic heterocycles. The number of hydrogen-bond acceptors (Lipinski definition) is 7. The number of nitrogens with one attached hydrogen (secondary N) is 1. The van der Waals surface area contributed by atoms with Crippen LogP contribution in [0.5, 0.6) is 0 Å². The first kappa shape index (κ1) is 26.4. The molecule has 1 aliphatic rings. The number of rotatable bonds is 4. The van der Waals surface area contributed by atoms with Crippen LogP contribution in [0, 0.1) is 11.3 Å². The van der Waals surface area contributed by atoms with Crippen LogP contribution in [0.1, 0.15) is 64.2 Å². The maximum Gasteiger partial charge on any atom is 0.433 e. The fourth-order valence-corrected chi connectivity index (χ4v) is 6.73. The fourth-order valence-electron chi connectivity index (χ4n) is 4.74. The number of aromatic nitrogens is 3. The summed E-state index contributed by atoms with van der Waals surface area (Å²) in [5, 5.41) is 8.69. The predicted molar refractivity (Wildman–Crippen MR) is 140 cm³/mol. The van der Waals surface area contributed by atoms with Gasteiger partial charge < -0.3 is 10.1 Å². The molecule has 0 fully saturated rings. The summed E-state index contributed by atoms with van der Waals surface area (Å²) < 4.78 is 47.3.